The molecule has 0 atom stereocenters. The first-order chi connectivity index (χ1) is 12.4. The molecule has 26 heavy (non-hydrogen) atoms. The van der Waals surface area contributed by atoms with Gasteiger partial charge >= 0.3 is 0 Å². The number of nitrogens with zero attached hydrogens (tertiary/aromatic N) is 2. The van der Waals surface area contributed by atoms with Gasteiger partial charge in [-0.1, -0.05) is 29.3 Å². The van der Waals surface area contributed by atoms with Crippen LogP contribution in [0.3, 0.4) is 0 Å². The molecule has 0 aliphatic carbocycles. The van der Waals surface area contributed by atoms with Crippen LogP contribution in [0.5, 0.6) is 0 Å². The van der Waals surface area contributed by atoms with Crippen LogP contribution in [0.2, 0.25) is 10.0 Å². The molecule has 1 aliphatic rings. The highest BCUT2D eigenvalue weighted by molar-refractivity contribution is 9.10. The molecule has 1 saturated heterocycles. The Labute approximate surface area is 170 Å². The molecule has 1 aliphatic heterocycles. The minimum Gasteiger partial charge on any atom is -0.339 e. The molecule has 0 aromatic heterocycles. The van der Waals surface area contributed by atoms with Crippen LogP contribution in [0.4, 0.5) is 0 Å². The maximum Gasteiger partial charge on any atom is 0.253 e. The second-order valence-corrected chi connectivity index (χ2v) is 7.80. The average molecular weight is 456 g/mol. The Morgan fingerprint density at radius 2 is 1.54 bits per heavy atom. The Morgan fingerprint density at radius 1 is 0.923 bits per heavy atom. The van der Waals surface area contributed by atoms with Crippen molar-refractivity contribution in [3.05, 3.63) is 68.1 Å². The van der Waals surface area contributed by atoms with Crippen LogP contribution in [-0.4, -0.2) is 47.8 Å². The van der Waals surface area contributed by atoms with Gasteiger partial charge in [0.2, 0.25) is 5.91 Å². The number of carbonyl (C=O) groups excluding carboxylic acids is 2. The first-order valence-electron chi connectivity index (χ1n) is 8.20. The summed E-state index contributed by atoms with van der Waals surface area (Å²) in [4.78, 5) is 28.6. The van der Waals surface area contributed by atoms with Crippen LogP contribution in [0, 0.1) is 0 Å². The minimum absolute atomic E-state index is 0.0338. The Balaban J connectivity index is 1.55. The van der Waals surface area contributed by atoms with Gasteiger partial charge in [0.05, 0.1) is 11.4 Å². The highest BCUT2D eigenvalue weighted by atomic mass is 79.9. The summed E-state index contributed by atoms with van der Waals surface area (Å²) in [6, 6.07) is 12.4. The van der Waals surface area contributed by atoms with E-state index in [0.717, 1.165) is 10.0 Å². The smallest absolute Gasteiger partial charge is 0.253 e. The quantitative estimate of drug-likeness (QED) is 0.692. The summed E-state index contributed by atoms with van der Waals surface area (Å²) in [5, 5.41) is 1.19. The SMILES string of the molecule is O=C(Cc1ccc(Br)c(Cl)c1)N1CCN(C(=O)c2ccc(Cl)cc2)CC1. The van der Waals surface area contributed by atoms with Crippen LogP contribution in [0.15, 0.2) is 46.9 Å². The van der Waals surface area contributed by atoms with Gasteiger partial charge < -0.3 is 9.80 Å². The molecular formula is C19H17BrCl2N2O2. The van der Waals surface area contributed by atoms with Crippen molar-refractivity contribution in [2.45, 2.75) is 6.42 Å². The molecule has 3 rings (SSSR count). The highest BCUT2D eigenvalue weighted by Crippen LogP contribution is 2.23. The molecule has 2 aromatic rings. The van der Waals surface area contributed by atoms with E-state index in [-0.39, 0.29) is 11.8 Å². The summed E-state index contributed by atoms with van der Waals surface area (Å²) < 4.78 is 0.810. The van der Waals surface area contributed by atoms with Crippen LogP contribution in [0.25, 0.3) is 0 Å². The lowest BCUT2D eigenvalue weighted by molar-refractivity contribution is -0.131. The van der Waals surface area contributed by atoms with Crippen molar-refractivity contribution in [1.29, 1.82) is 0 Å². The van der Waals surface area contributed by atoms with Crippen molar-refractivity contribution in [3.63, 3.8) is 0 Å². The fourth-order valence-electron chi connectivity index (χ4n) is 2.87. The number of hydrogen-bond acceptors (Lipinski definition) is 2. The number of halogens is 3. The van der Waals surface area contributed by atoms with E-state index in [1.165, 1.54) is 0 Å². The van der Waals surface area contributed by atoms with E-state index in [1.54, 1.807) is 40.1 Å². The van der Waals surface area contributed by atoms with Gasteiger partial charge in [0.1, 0.15) is 0 Å². The lowest BCUT2D eigenvalue weighted by atomic mass is 10.1. The number of carbonyl (C=O) groups is 2. The fraction of sp³-hybridized carbons (Fsp3) is 0.263. The van der Waals surface area contributed by atoms with Crippen molar-refractivity contribution in [1.82, 2.24) is 9.80 Å². The zero-order valence-electron chi connectivity index (χ0n) is 13.9. The minimum atomic E-state index is -0.0338. The Hall–Kier alpha value is -1.56. The number of benzene rings is 2. The summed E-state index contributed by atoms with van der Waals surface area (Å²) in [5.74, 6) is 0.00966. The molecule has 7 heteroatoms. The molecule has 0 unspecified atom stereocenters. The largest absolute Gasteiger partial charge is 0.339 e. The summed E-state index contributed by atoms with van der Waals surface area (Å²) in [6.45, 7) is 2.10. The molecular weight excluding hydrogens is 439 g/mol. The van der Waals surface area contributed by atoms with Gasteiger partial charge in [-0.2, -0.15) is 0 Å². The first-order valence-corrected chi connectivity index (χ1v) is 9.75. The molecule has 2 aromatic carbocycles. The van der Waals surface area contributed by atoms with Crippen LogP contribution < -0.4 is 0 Å². The van der Waals surface area contributed by atoms with E-state index in [9.17, 15) is 9.59 Å². The maximum absolute atomic E-state index is 12.5. The van der Waals surface area contributed by atoms with Crippen molar-refractivity contribution in [2.24, 2.45) is 0 Å². The second-order valence-electron chi connectivity index (χ2n) is 6.11. The van der Waals surface area contributed by atoms with Crippen molar-refractivity contribution >= 4 is 50.9 Å². The predicted octanol–water partition coefficient (Wildman–Crippen LogP) is 4.28. The third-order valence-corrected chi connectivity index (χ3v) is 5.83. The average Bonchev–Trinajstić information content (AvgIpc) is 2.65. The van der Waals surface area contributed by atoms with E-state index >= 15 is 0 Å². The van der Waals surface area contributed by atoms with Crippen molar-refractivity contribution in [2.75, 3.05) is 26.2 Å². The Kier molecular flexibility index (Phi) is 6.22. The molecule has 1 fully saturated rings. The molecule has 0 saturated carbocycles. The van der Waals surface area contributed by atoms with Gasteiger partial charge in [0.25, 0.3) is 5.91 Å². The number of amides is 2. The van der Waals surface area contributed by atoms with Gasteiger partial charge in [-0.05, 0) is 57.9 Å². The van der Waals surface area contributed by atoms with Gasteiger partial charge in [-0.25, -0.2) is 0 Å². The first kappa shape index (κ1) is 19.2. The van der Waals surface area contributed by atoms with Crippen LogP contribution in [-0.2, 0) is 11.2 Å². The standard InChI is InChI=1S/C19H17BrCl2N2O2/c20-16-6-1-13(11-17(16)22)12-18(25)23-7-9-24(10-8-23)19(26)14-2-4-15(21)5-3-14/h1-6,11H,7-10,12H2. The van der Waals surface area contributed by atoms with Crippen LogP contribution >= 0.6 is 39.1 Å². The van der Waals surface area contributed by atoms with E-state index in [1.807, 2.05) is 12.1 Å². The second kappa shape index (κ2) is 8.42. The molecule has 0 N–H and O–H groups in total. The molecule has 1 heterocycles. The van der Waals surface area contributed by atoms with E-state index < -0.39 is 0 Å². The van der Waals surface area contributed by atoms with Gasteiger partial charge in [0, 0.05) is 41.2 Å². The third-order valence-electron chi connectivity index (χ3n) is 4.35. The predicted molar refractivity (Wildman–Crippen MR) is 107 cm³/mol. The van der Waals surface area contributed by atoms with Gasteiger partial charge in [-0.3, -0.25) is 9.59 Å². The monoisotopic (exact) mass is 454 g/mol. The Bertz CT molecular complexity index is 819. The topological polar surface area (TPSA) is 40.6 Å². The molecule has 2 amide bonds. The van der Waals surface area contributed by atoms with Crippen molar-refractivity contribution < 1.29 is 9.59 Å². The van der Waals surface area contributed by atoms with E-state index in [4.69, 9.17) is 23.2 Å². The summed E-state index contributed by atoms with van der Waals surface area (Å²) >= 11 is 15.3. The van der Waals surface area contributed by atoms with Crippen molar-refractivity contribution in [3.8, 4) is 0 Å². The zero-order valence-corrected chi connectivity index (χ0v) is 17.0. The summed E-state index contributed by atoms with van der Waals surface area (Å²) in [6.07, 6.45) is 0.304. The molecule has 136 valence electrons. The third kappa shape index (κ3) is 4.58. The Morgan fingerprint density at radius 3 is 2.15 bits per heavy atom. The zero-order chi connectivity index (χ0) is 18.7. The number of piperazine rings is 1. The van der Waals surface area contributed by atoms with E-state index in [0.29, 0.717) is 48.2 Å². The molecule has 0 radical (unpaired) electrons. The molecule has 4 nitrogen and oxygen atoms in total. The lowest BCUT2D eigenvalue weighted by Crippen LogP contribution is -2.51. The van der Waals surface area contributed by atoms with Gasteiger partial charge in [-0.15, -0.1) is 0 Å². The molecule has 0 bridgehead atoms. The number of hydrogen-bond donors (Lipinski definition) is 0. The fourth-order valence-corrected chi connectivity index (χ4v) is 3.45. The number of rotatable bonds is 3. The molecule has 0 spiro atoms. The van der Waals surface area contributed by atoms with Crippen LogP contribution in [0.1, 0.15) is 15.9 Å². The maximum atomic E-state index is 12.5. The summed E-state index contributed by atoms with van der Waals surface area (Å²) in [7, 11) is 0. The highest BCUT2D eigenvalue weighted by Gasteiger charge is 2.24. The lowest BCUT2D eigenvalue weighted by Gasteiger charge is -2.35. The summed E-state index contributed by atoms with van der Waals surface area (Å²) in [5.41, 5.74) is 1.49. The normalized spacial score (nSPS) is 14.4. The van der Waals surface area contributed by atoms with E-state index in [2.05, 4.69) is 15.9 Å². The van der Waals surface area contributed by atoms with Gasteiger partial charge in [0.15, 0.2) is 0 Å².